The van der Waals surface area contributed by atoms with Gasteiger partial charge < -0.3 is 15.7 Å². The van der Waals surface area contributed by atoms with Gasteiger partial charge in [0.15, 0.2) is 0 Å². The SMILES string of the molecule is Cc1cc(N2CCC(O)CC2)nc2sc3c(N)ncnc3c12. The van der Waals surface area contributed by atoms with Gasteiger partial charge in [0.05, 0.1) is 16.3 Å². The summed E-state index contributed by atoms with van der Waals surface area (Å²) in [6, 6.07) is 2.10. The average Bonchev–Trinajstić information content (AvgIpc) is 2.88. The first-order chi connectivity index (χ1) is 10.6. The quantitative estimate of drug-likeness (QED) is 0.715. The van der Waals surface area contributed by atoms with Gasteiger partial charge in [-0.25, -0.2) is 15.0 Å². The molecule has 0 aliphatic carbocycles. The number of anilines is 2. The van der Waals surface area contributed by atoms with Crippen LogP contribution in [0.15, 0.2) is 12.4 Å². The molecule has 0 atom stereocenters. The Morgan fingerprint density at radius 1 is 1.32 bits per heavy atom. The lowest BCUT2D eigenvalue weighted by Gasteiger charge is -2.30. The molecule has 0 spiro atoms. The smallest absolute Gasteiger partial charge is 0.144 e. The fourth-order valence-corrected chi connectivity index (χ4v) is 4.11. The van der Waals surface area contributed by atoms with Crippen LogP contribution in [-0.4, -0.2) is 39.3 Å². The van der Waals surface area contributed by atoms with Crippen LogP contribution in [0, 0.1) is 6.92 Å². The lowest BCUT2D eigenvalue weighted by molar-refractivity contribution is 0.145. The summed E-state index contributed by atoms with van der Waals surface area (Å²) in [5.41, 5.74) is 8.00. The fraction of sp³-hybridized carbons (Fsp3) is 0.400. The molecule has 0 amide bonds. The highest BCUT2D eigenvalue weighted by molar-refractivity contribution is 7.26. The Bertz CT molecular complexity index is 854. The summed E-state index contributed by atoms with van der Waals surface area (Å²) in [6.07, 6.45) is 2.91. The third-order valence-corrected chi connectivity index (χ3v) is 5.32. The Kier molecular flexibility index (Phi) is 3.12. The number of hydrogen-bond donors (Lipinski definition) is 2. The Balaban J connectivity index is 1.86. The summed E-state index contributed by atoms with van der Waals surface area (Å²) in [5.74, 6) is 1.48. The molecule has 1 saturated heterocycles. The number of pyridine rings is 1. The van der Waals surface area contributed by atoms with E-state index in [2.05, 4.69) is 27.9 Å². The standard InChI is InChI=1S/C15H17N5OS/c1-8-6-10(20-4-2-9(21)3-5-20)19-15-11(8)12-13(22-15)14(16)18-7-17-12/h6-7,9,21H,2-5H2,1H3,(H2,16,17,18). The molecule has 4 heterocycles. The van der Waals surface area contributed by atoms with Gasteiger partial charge in [-0.05, 0) is 31.4 Å². The molecule has 22 heavy (non-hydrogen) atoms. The van der Waals surface area contributed by atoms with Crippen LogP contribution in [-0.2, 0) is 0 Å². The topological polar surface area (TPSA) is 88.2 Å². The average molecular weight is 315 g/mol. The third kappa shape index (κ3) is 2.08. The number of aromatic nitrogens is 3. The van der Waals surface area contributed by atoms with Gasteiger partial charge >= 0.3 is 0 Å². The van der Waals surface area contributed by atoms with E-state index in [4.69, 9.17) is 10.7 Å². The van der Waals surface area contributed by atoms with E-state index < -0.39 is 0 Å². The van der Waals surface area contributed by atoms with E-state index in [1.54, 1.807) is 11.3 Å². The summed E-state index contributed by atoms with van der Waals surface area (Å²) < 4.78 is 0.902. The maximum atomic E-state index is 9.65. The van der Waals surface area contributed by atoms with Crippen LogP contribution >= 0.6 is 11.3 Å². The second-order valence-electron chi connectivity index (χ2n) is 5.73. The monoisotopic (exact) mass is 315 g/mol. The summed E-state index contributed by atoms with van der Waals surface area (Å²) in [4.78, 5) is 16.4. The van der Waals surface area contributed by atoms with Gasteiger partial charge in [-0.1, -0.05) is 0 Å². The molecule has 1 aliphatic rings. The number of piperidine rings is 1. The second kappa shape index (κ2) is 5.03. The number of aryl methyl sites for hydroxylation is 1. The summed E-state index contributed by atoms with van der Waals surface area (Å²) >= 11 is 1.54. The van der Waals surface area contributed by atoms with E-state index in [1.165, 1.54) is 6.33 Å². The van der Waals surface area contributed by atoms with Crippen LogP contribution in [0.4, 0.5) is 11.6 Å². The molecule has 4 rings (SSSR count). The van der Waals surface area contributed by atoms with Crippen LogP contribution in [0.3, 0.4) is 0 Å². The zero-order valence-corrected chi connectivity index (χ0v) is 13.1. The molecule has 0 bridgehead atoms. The van der Waals surface area contributed by atoms with Gasteiger partial charge in [-0.3, -0.25) is 0 Å². The lowest BCUT2D eigenvalue weighted by atomic mass is 10.1. The van der Waals surface area contributed by atoms with Gasteiger partial charge in [-0.2, -0.15) is 0 Å². The second-order valence-corrected chi connectivity index (χ2v) is 6.73. The largest absolute Gasteiger partial charge is 0.393 e. The Morgan fingerprint density at radius 3 is 2.86 bits per heavy atom. The van der Waals surface area contributed by atoms with Crippen LogP contribution in [0.2, 0.25) is 0 Å². The maximum Gasteiger partial charge on any atom is 0.144 e. The predicted octanol–water partition coefficient (Wildman–Crippen LogP) is 2.09. The minimum atomic E-state index is -0.180. The normalized spacial score (nSPS) is 16.7. The van der Waals surface area contributed by atoms with E-state index in [9.17, 15) is 5.11 Å². The van der Waals surface area contributed by atoms with Crippen molar-refractivity contribution >= 4 is 43.4 Å². The number of nitrogen functional groups attached to an aromatic ring is 1. The molecular weight excluding hydrogens is 298 g/mol. The molecule has 1 aliphatic heterocycles. The number of thiophene rings is 1. The highest BCUT2D eigenvalue weighted by atomic mass is 32.1. The van der Waals surface area contributed by atoms with Crippen LogP contribution in [0.5, 0.6) is 0 Å². The molecule has 3 N–H and O–H groups in total. The zero-order chi connectivity index (χ0) is 15.3. The van der Waals surface area contributed by atoms with E-state index in [1.807, 2.05) is 0 Å². The van der Waals surface area contributed by atoms with Crippen molar-refractivity contribution in [3.63, 3.8) is 0 Å². The summed E-state index contributed by atoms with van der Waals surface area (Å²) in [5, 5.41) is 10.7. The number of aliphatic hydroxyl groups excluding tert-OH is 1. The molecule has 6 nitrogen and oxygen atoms in total. The van der Waals surface area contributed by atoms with Crippen molar-refractivity contribution in [3.05, 3.63) is 18.0 Å². The molecule has 114 valence electrons. The van der Waals surface area contributed by atoms with Crippen LogP contribution in [0.25, 0.3) is 20.4 Å². The van der Waals surface area contributed by atoms with Crippen molar-refractivity contribution < 1.29 is 5.11 Å². The van der Waals surface area contributed by atoms with Crippen molar-refractivity contribution in [1.29, 1.82) is 0 Å². The third-order valence-electron chi connectivity index (χ3n) is 4.23. The van der Waals surface area contributed by atoms with E-state index in [0.717, 1.165) is 57.7 Å². The van der Waals surface area contributed by atoms with Gasteiger partial charge in [0.25, 0.3) is 0 Å². The maximum absolute atomic E-state index is 9.65. The van der Waals surface area contributed by atoms with E-state index >= 15 is 0 Å². The first-order valence-electron chi connectivity index (χ1n) is 7.37. The van der Waals surface area contributed by atoms with Crippen molar-refractivity contribution in [2.45, 2.75) is 25.9 Å². The molecule has 0 unspecified atom stereocenters. The van der Waals surface area contributed by atoms with Crippen LogP contribution in [0.1, 0.15) is 18.4 Å². The Hall–Kier alpha value is -1.99. The Labute approximate surface area is 131 Å². The van der Waals surface area contributed by atoms with Crippen LogP contribution < -0.4 is 10.6 Å². The van der Waals surface area contributed by atoms with Gasteiger partial charge in [-0.15, -0.1) is 11.3 Å². The molecule has 0 saturated carbocycles. The first-order valence-corrected chi connectivity index (χ1v) is 8.18. The number of rotatable bonds is 1. The molecule has 0 radical (unpaired) electrons. The number of nitrogens with two attached hydrogens (primary N) is 1. The van der Waals surface area contributed by atoms with Crippen molar-refractivity contribution in [2.75, 3.05) is 23.7 Å². The van der Waals surface area contributed by atoms with Gasteiger partial charge in [0, 0.05) is 18.5 Å². The fourth-order valence-electron chi connectivity index (χ4n) is 3.01. The zero-order valence-electron chi connectivity index (χ0n) is 12.3. The van der Waals surface area contributed by atoms with Gasteiger partial charge in [0.1, 0.15) is 22.8 Å². The van der Waals surface area contributed by atoms with E-state index in [0.29, 0.717) is 5.82 Å². The minimum absolute atomic E-state index is 0.180. The predicted molar refractivity (Wildman–Crippen MR) is 89.3 cm³/mol. The van der Waals surface area contributed by atoms with Gasteiger partial charge in [0.2, 0.25) is 0 Å². The van der Waals surface area contributed by atoms with Crippen molar-refractivity contribution in [1.82, 2.24) is 15.0 Å². The summed E-state index contributed by atoms with van der Waals surface area (Å²) in [7, 11) is 0. The molecule has 1 fully saturated rings. The molecule has 0 aromatic carbocycles. The highest BCUT2D eigenvalue weighted by Crippen LogP contribution is 2.37. The first kappa shape index (κ1) is 13.7. The van der Waals surface area contributed by atoms with E-state index in [-0.39, 0.29) is 6.10 Å². The molecule has 7 heteroatoms. The number of aliphatic hydroxyl groups is 1. The Morgan fingerprint density at radius 2 is 2.09 bits per heavy atom. The summed E-state index contributed by atoms with van der Waals surface area (Å²) in [6.45, 7) is 3.76. The number of fused-ring (bicyclic) bond motifs is 3. The molecular formula is C15H17N5OS. The number of nitrogens with zero attached hydrogens (tertiary/aromatic N) is 4. The number of hydrogen-bond acceptors (Lipinski definition) is 7. The van der Waals surface area contributed by atoms with Crippen molar-refractivity contribution in [2.24, 2.45) is 0 Å². The highest BCUT2D eigenvalue weighted by Gasteiger charge is 2.20. The lowest BCUT2D eigenvalue weighted by Crippen LogP contribution is -2.36. The minimum Gasteiger partial charge on any atom is -0.393 e. The molecule has 3 aromatic rings. The van der Waals surface area contributed by atoms with Crippen molar-refractivity contribution in [3.8, 4) is 0 Å². The molecule has 3 aromatic heterocycles.